The minimum Gasteiger partial charge on any atom is -0.334 e. The number of urea groups is 1. The fraction of sp³-hybridized carbons (Fsp3) is 0.400. The zero-order valence-electron chi connectivity index (χ0n) is 20.4. The molecule has 2 fully saturated rings. The van der Waals surface area contributed by atoms with E-state index in [0.717, 1.165) is 5.56 Å². The quantitative estimate of drug-likeness (QED) is 0.552. The molecule has 4 amide bonds. The van der Waals surface area contributed by atoms with Crippen LogP contribution in [0.15, 0.2) is 48.5 Å². The number of nitrogens with two attached hydrogens (primary N) is 1. The molecular weight excluding hydrogens is 532 g/mol. The van der Waals surface area contributed by atoms with E-state index in [-0.39, 0.29) is 44.6 Å². The maximum Gasteiger partial charge on any atom is 0.416 e. The Bertz CT molecular complexity index is 1200. The molecule has 0 spiro atoms. The molecule has 0 aliphatic carbocycles. The van der Waals surface area contributed by atoms with Crippen molar-refractivity contribution in [2.24, 2.45) is 5.73 Å². The Kier molecular flexibility index (Phi) is 7.77. The van der Waals surface area contributed by atoms with Crippen LogP contribution < -0.4 is 11.1 Å². The van der Waals surface area contributed by atoms with Gasteiger partial charge in [0.25, 0.3) is 0 Å². The second-order valence-electron chi connectivity index (χ2n) is 9.25. The number of rotatable bonds is 5. The lowest BCUT2D eigenvalue weighted by Gasteiger charge is -2.52. The van der Waals surface area contributed by atoms with Crippen molar-refractivity contribution in [3.05, 3.63) is 70.8 Å². The number of piperazine rings is 1. The van der Waals surface area contributed by atoms with Gasteiger partial charge in [-0.3, -0.25) is 9.59 Å². The van der Waals surface area contributed by atoms with Crippen molar-refractivity contribution >= 4 is 17.8 Å². The highest BCUT2D eigenvalue weighted by atomic mass is 19.4. The van der Waals surface area contributed by atoms with E-state index in [2.05, 4.69) is 5.32 Å². The summed E-state index contributed by atoms with van der Waals surface area (Å²) in [7, 11) is 0. The number of hydrogen-bond acceptors (Lipinski definition) is 4. The zero-order valence-corrected chi connectivity index (χ0v) is 20.4. The predicted molar refractivity (Wildman–Crippen MR) is 125 cm³/mol. The van der Waals surface area contributed by atoms with E-state index < -0.39 is 59.7 Å². The molecule has 2 saturated heterocycles. The van der Waals surface area contributed by atoms with Crippen LogP contribution in [0.25, 0.3) is 0 Å². The number of alkyl halides is 6. The van der Waals surface area contributed by atoms with Gasteiger partial charge in [-0.1, -0.05) is 30.3 Å². The van der Waals surface area contributed by atoms with E-state index >= 15 is 0 Å². The summed E-state index contributed by atoms with van der Waals surface area (Å²) in [5, 5.41) is 2.36. The number of fused-ring (bicyclic) bond motifs is 1. The van der Waals surface area contributed by atoms with Crippen molar-refractivity contribution in [1.29, 1.82) is 0 Å². The Morgan fingerprint density at radius 1 is 0.949 bits per heavy atom. The summed E-state index contributed by atoms with van der Waals surface area (Å²) in [5.74, 6) is -0.781. The highest BCUT2D eigenvalue weighted by molar-refractivity contribution is 5.91. The van der Waals surface area contributed by atoms with E-state index in [9.17, 15) is 40.7 Å². The summed E-state index contributed by atoms with van der Waals surface area (Å²) >= 11 is 0. The van der Waals surface area contributed by atoms with Gasteiger partial charge in [0, 0.05) is 32.6 Å². The molecule has 0 unspecified atom stereocenters. The van der Waals surface area contributed by atoms with E-state index in [1.54, 1.807) is 30.3 Å². The molecule has 0 bridgehead atoms. The van der Waals surface area contributed by atoms with Gasteiger partial charge in [-0.2, -0.15) is 26.3 Å². The van der Waals surface area contributed by atoms with Crippen LogP contribution in [0.1, 0.15) is 28.7 Å². The molecule has 8 nitrogen and oxygen atoms in total. The second kappa shape index (κ2) is 10.8. The monoisotopic (exact) mass is 557 g/mol. The molecule has 0 aromatic heterocycles. The van der Waals surface area contributed by atoms with Gasteiger partial charge >= 0.3 is 18.4 Å². The highest BCUT2D eigenvalue weighted by Gasteiger charge is 2.48. The van der Waals surface area contributed by atoms with Gasteiger partial charge in [0.15, 0.2) is 0 Å². The summed E-state index contributed by atoms with van der Waals surface area (Å²) in [6.07, 6.45) is -11.1. The Hall–Kier alpha value is -3.81. The van der Waals surface area contributed by atoms with Crippen molar-refractivity contribution in [3.8, 4) is 0 Å². The summed E-state index contributed by atoms with van der Waals surface area (Å²) in [5.41, 5.74) is 3.24. The maximum atomic E-state index is 13.2. The molecule has 2 atom stereocenters. The minimum absolute atomic E-state index is 0.00671. The largest absolute Gasteiger partial charge is 0.416 e. The number of nitrogens with one attached hydrogen (secondary N) is 1. The number of amides is 4. The molecule has 14 heteroatoms. The number of halogens is 6. The van der Waals surface area contributed by atoms with E-state index in [4.69, 9.17) is 5.73 Å². The van der Waals surface area contributed by atoms with Crippen LogP contribution in [-0.4, -0.2) is 64.4 Å². The van der Waals surface area contributed by atoms with Crippen LogP contribution in [0.5, 0.6) is 0 Å². The van der Waals surface area contributed by atoms with Crippen molar-refractivity contribution in [2.45, 2.75) is 44.1 Å². The molecule has 2 aliphatic heterocycles. The normalized spacial score (nSPS) is 20.2. The molecule has 0 saturated carbocycles. The lowest BCUT2D eigenvalue weighted by Crippen LogP contribution is -2.73. The lowest BCUT2D eigenvalue weighted by molar-refractivity contribution is -0.166. The van der Waals surface area contributed by atoms with Gasteiger partial charge in [-0.05, 0) is 29.3 Å². The molecule has 2 aromatic rings. The Morgan fingerprint density at radius 2 is 1.56 bits per heavy atom. The number of carbonyl (C=O) groups excluding carboxylic acids is 3. The van der Waals surface area contributed by atoms with Gasteiger partial charge in [0.1, 0.15) is 12.2 Å². The van der Waals surface area contributed by atoms with E-state index in [1.807, 2.05) is 0 Å². The van der Waals surface area contributed by atoms with Gasteiger partial charge < -0.3 is 25.8 Å². The lowest BCUT2D eigenvalue weighted by atomic mass is 10.0. The fourth-order valence-electron chi connectivity index (χ4n) is 4.79. The van der Waals surface area contributed by atoms with Gasteiger partial charge in [0.2, 0.25) is 11.8 Å². The van der Waals surface area contributed by atoms with Gasteiger partial charge in [-0.25, -0.2) is 4.79 Å². The maximum absolute atomic E-state index is 13.2. The summed E-state index contributed by atoms with van der Waals surface area (Å²) in [6, 6.07) is 8.22. The third-order valence-corrected chi connectivity index (χ3v) is 6.64. The molecule has 2 aliphatic rings. The Balaban J connectivity index is 1.55. The third kappa shape index (κ3) is 6.10. The van der Waals surface area contributed by atoms with Crippen LogP contribution in [0.3, 0.4) is 0 Å². The molecule has 2 aromatic carbocycles. The fourth-order valence-corrected chi connectivity index (χ4v) is 4.79. The van der Waals surface area contributed by atoms with Gasteiger partial charge in [-0.15, -0.1) is 0 Å². The van der Waals surface area contributed by atoms with Crippen molar-refractivity contribution in [1.82, 2.24) is 20.0 Å². The molecule has 2 heterocycles. The van der Waals surface area contributed by atoms with Gasteiger partial charge in [0.05, 0.1) is 17.7 Å². The first-order valence-corrected chi connectivity index (χ1v) is 12.0. The van der Waals surface area contributed by atoms with Crippen molar-refractivity contribution < 1.29 is 40.7 Å². The van der Waals surface area contributed by atoms with E-state index in [1.165, 1.54) is 14.7 Å². The Morgan fingerprint density at radius 3 is 2.13 bits per heavy atom. The van der Waals surface area contributed by atoms with Crippen LogP contribution >= 0.6 is 0 Å². The number of hydrogen-bond donors (Lipinski definition) is 2. The van der Waals surface area contributed by atoms with Crippen LogP contribution in [0.2, 0.25) is 0 Å². The minimum atomic E-state index is -5.03. The van der Waals surface area contributed by atoms with Crippen molar-refractivity contribution in [2.75, 3.05) is 19.6 Å². The number of carbonyl (C=O) groups is 3. The average molecular weight is 557 g/mol. The molecule has 210 valence electrons. The van der Waals surface area contributed by atoms with Crippen molar-refractivity contribution in [3.63, 3.8) is 0 Å². The molecule has 0 radical (unpaired) electrons. The molecule has 3 N–H and O–H groups in total. The first-order valence-electron chi connectivity index (χ1n) is 12.0. The standard InChI is InChI=1S/C25H25F6N5O3/c26-24(27,28)17-8-16(9-18(10-17)25(29,30)31)12-33-23(39)35-7-6-21(37)36-19(11-32)22(38)34(14-20(35)36)13-15-4-2-1-3-5-15/h1-5,8-10,19-20H,6-7,11-14,32H2,(H,33,39)/t19-,20+/m0/s1. The summed E-state index contributed by atoms with van der Waals surface area (Å²) in [6.45, 7) is -0.755. The number of nitrogens with zero attached hydrogens (tertiary/aromatic N) is 3. The van der Waals surface area contributed by atoms with E-state index in [0.29, 0.717) is 12.1 Å². The van der Waals surface area contributed by atoms with Crippen LogP contribution in [0.4, 0.5) is 31.1 Å². The first-order chi connectivity index (χ1) is 18.3. The SMILES string of the molecule is NC[C@H]1C(=O)N(Cc2ccccc2)C[C@@H]2N(C(=O)NCc3cc(C(F)(F)F)cc(C(F)(F)F)c3)CCC(=O)N21. The smallest absolute Gasteiger partial charge is 0.334 e. The average Bonchev–Trinajstić information content (AvgIpc) is 2.88. The predicted octanol–water partition coefficient (Wildman–Crippen LogP) is 3.16. The summed E-state index contributed by atoms with van der Waals surface area (Å²) < 4.78 is 79.2. The second-order valence-corrected chi connectivity index (χ2v) is 9.25. The Labute approximate surface area is 219 Å². The third-order valence-electron chi connectivity index (χ3n) is 6.64. The molecule has 4 rings (SSSR count). The summed E-state index contributed by atoms with van der Waals surface area (Å²) in [4.78, 5) is 43.0. The molecular formula is C25H25F6N5O3. The van der Waals surface area contributed by atoms with Crippen LogP contribution in [0, 0.1) is 0 Å². The molecule has 39 heavy (non-hydrogen) atoms. The van der Waals surface area contributed by atoms with Crippen LogP contribution in [-0.2, 0) is 35.0 Å². The first kappa shape index (κ1) is 28.2. The zero-order chi connectivity index (χ0) is 28.5. The topological polar surface area (TPSA) is 99.0 Å². The number of benzene rings is 2. The highest BCUT2D eigenvalue weighted by Crippen LogP contribution is 2.36.